The van der Waals surface area contributed by atoms with Crippen molar-refractivity contribution in [2.75, 3.05) is 7.05 Å². The summed E-state index contributed by atoms with van der Waals surface area (Å²) in [4.78, 5) is 10.6. The zero-order valence-electron chi connectivity index (χ0n) is 9.62. The lowest BCUT2D eigenvalue weighted by molar-refractivity contribution is 0.178. The monoisotopic (exact) mass is 214 g/mol. The Balaban J connectivity index is 2.48. The Labute approximate surface area is 91.4 Å². The van der Waals surface area contributed by atoms with Gasteiger partial charge in [-0.3, -0.25) is 0 Å². The van der Waals surface area contributed by atoms with Crippen LogP contribution >= 0.6 is 0 Å². The van der Waals surface area contributed by atoms with Crippen LogP contribution in [0.15, 0.2) is 0 Å². The van der Waals surface area contributed by atoms with Gasteiger partial charge >= 0.3 is 6.09 Å². The topological polar surface area (TPSA) is 61.4 Å². The van der Waals surface area contributed by atoms with Gasteiger partial charge in [0, 0.05) is 12.1 Å². The summed E-state index contributed by atoms with van der Waals surface area (Å²) >= 11 is 0. The third-order valence-corrected chi connectivity index (χ3v) is 3.38. The Morgan fingerprint density at radius 1 is 1.33 bits per heavy atom. The van der Waals surface area contributed by atoms with Gasteiger partial charge in [-0.15, -0.1) is 0 Å². The maximum Gasteiger partial charge on any atom is 0.404 e. The summed E-state index contributed by atoms with van der Waals surface area (Å²) in [6.45, 7) is 1.93. The molecule has 1 aliphatic carbocycles. The highest BCUT2D eigenvalue weighted by atomic mass is 16.4. The van der Waals surface area contributed by atoms with Crippen molar-refractivity contribution in [2.24, 2.45) is 5.92 Å². The molecular weight excluding hydrogens is 192 g/mol. The van der Waals surface area contributed by atoms with Crippen molar-refractivity contribution in [3.05, 3.63) is 0 Å². The molecule has 0 heterocycles. The molecule has 0 aliphatic heterocycles. The Hall–Kier alpha value is -0.770. The van der Waals surface area contributed by atoms with Gasteiger partial charge in [-0.2, -0.15) is 0 Å². The molecule has 0 aromatic heterocycles. The van der Waals surface area contributed by atoms with E-state index in [1.807, 2.05) is 14.0 Å². The van der Waals surface area contributed by atoms with E-state index in [0.717, 1.165) is 0 Å². The third kappa shape index (κ3) is 3.70. The van der Waals surface area contributed by atoms with E-state index in [1.54, 1.807) is 0 Å². The number of nitrogens with one attached hydrogen (secondary N) is 2. The molecule has 0 aromatic rings. The normalized spacial score (nSPS) is 22.0. The third-order valence-electron chi connectivity index (χ3n) is 3.38. The highest BCUT2D eigenvalue weighted by Gasteiger charge is 2.27. The lowest BCUT2D eigenvalue weighted by Gasteiger charge is -2.33. The predicted molar refractivity (Wildman–Crippen MR) is 60.0 cm³/mol. The maximum absolute atomic E-state index is 10.6. The molecule has 1 aliphatic rings. The first kappa shape index (κ1) is 12.3. The minimum atomic E-state index is -0.932. The number of hydrogen-bond acceptors (Lipinski definition) is 2. The average molecular weight is 214 g/mol. The van der Waals surface area contributed by atoms with Gasteiger partial charge in [-0.05, 0) is 32.7 Å². The van der Waals surface area contributed by atoms with Crippen molar-refractivity contribution in [3.8, 4) is 0 Å². The predicted octanol–water partition coefficient (Wildman–Crippen LogP) is 1.81. The first-order valence-electron chi connectivity index (χ1n) is 5.82. The molecule has 1 rings (SSSR count). The van der Waals surface area contributed by atoms with Crippen LogP contribution in [-0.2, 0) is 0 Å². The van der Waals surface area contributed by atoms with E-state index >= 15 is 0 Å². The number of rotatable bonds is 4. The van der Waals surface area contributed by atoms with Gasteiger partial charge in [-0.1, -0.05) is 19.3 Å². The van der Waals surface area contributed by atoms with Gasteiger partial charge in [-0.25, -0.2) is 4.79 Å². The molecule has 0 spiro atoms. The second kappa shape index (κ2) is 5.95. The van der Waals surface area contributed by atoms with E-state index in [-0.39, 0.29) is 12.1 Å². The number of likely N-dealkylation sites (N-methyl/N-ethyl adjacent to an activating group) is 1. The van der Waals surface area contributed by atoms with Crippen LogP contribution < -0.4 is 10.6 Å². The molecule has 1 saturated carbocycles. The fourth-order valence-corrected chi connectivity index (χ4v) is 2.67. The van der Waals surface area contributed by atoms with Gasteiger partial charge in [0.1, 0.15) is 0 Å². The molecule has 0 radical (unpaired) electrons. The quantitative estimate of drug-likeness (QED) is 0.669. The smallest absolute Gasteiger partial charge is 0.404 e. The first-order valence-corrected chi connectivity index (χ1v) is 5.82. The Bertz CT molecular complexity index is 203. The Morgan fingerprint density at radius 3 is 2.40 bits per heavy atom. The van der Waals surface area contributed by atoms with Crippen LogP contribution in [0.4, 0.5) is 4.79 Å². The van der Waals surface area contributed by atoms with E-state index in [4.69, 9.17) is 5.11 Å². The van der Waals surface area contributed by atoms with Gasteiger partial charge in [0.15, 0.2) is 0 Å². The molecule has 4 heteroatoms. The van der Waals surface area contributed by atoms with Crippen molar-refractivity contribution in [1.82, 2.24) is 10.6 Å². The molecule has 3 N–H and O–H groups in total. The lowest BCUT2D eigenvalue weighted by atomic mass is 9.81. The molecule has 0 saturated heterocycles. The SMILES string of the molecule is CNC(C1CCCCC1)C(C)NC(=O)O. The van der Waals surface area contributed by atoms with E-state index in [1.165, 1.54) is 32.1 Å². The van der Waals surface area contributed by atoms with Crippen LogP contribution in [0.2, 0.25) is 0 Å². The first-order chi connectivity index (χ1) is 7.15. The van der Waals surface area contributed by atoms with Gasteiger partial charge in [0.25, 0.3) is 0 Å². The van der Waals surface area contributed by atoms with Crippen molar-refractivity contribution < 1.29 is 9.90 Å². The van der Waals surface area contributed by atoms with Gasteiger partial charge in [0.05, 0.1) is 0 Å². The van der Waals surface area contributed by atoms with E-state index in [9.17, 15) is 4.79 Å². The number of carboxylic acid groups (broad SMARTS) is 1. The summed E-state index contributed by atoms with van der Waals surface area (Å²) < 4.78 is 0. The molecule has 2 unspecified atom stereocenters. The fourth-order valence-electron chi connectivity index (χ4n) is 2.67. The molecule has 0 bridgehead atoms. The molecule has 88 valence electrons. The second-order valence-corrected chi connectivity index (χ2v) is 4.45. The van der Waals surface area contributed by atoms with Gasteiger partial charge < -0.3 is 15.7 Å². The van der Waals surface area contributed by atoms with Crippen molar-refractivity contribution >= 4 is 6.09 Å². The standard InChI is InChI=1S/C11H22N2O2/c1-8(13-11(14)15)10(12-2)9-6-4-3-5-7-9/h8-10,12-13H,3-7H2,1-2H3,(H,14,15). The second-order valence-electron chi connectivity index (χ2n) is 4.45. The van der Waals surface area contributed by atoms with Crippen molar-refractivity contribution in [2.45, 2.75) is 51.1 Å². The molecule has 15 heavy (non-hydrogen) atoms. The maximum atomic E-state index is 10.6. The molecule has 2 atom stereocenters. The summed E-state index contributed by atoms with van der Waals surface area (Å²) in [5.41, 5.74) is 0. The van der Waals surface area contributed by atoms with Crippen LogP contribution in [0.5, 0.6) is 0 Å². The number of amides is 1. The van der Waals surface area contributed by atoms with E-state index in [0.29, 0.717) is 5.92 Å². The van der Waals surface area contributed by atoms with Crippen LogP contribution in [0.25, 0.3) is 0 Å². The van der Waals surface area contributed by atoms with Crippen molar-refractivity contribution in [3.63, 3.8) is 0 Å². The molecule has 1 amide bonds. The fraction of sp³-hybridized carbons (Fsp3) is 0.909. The summed E-state index contributed by atoms with van der Waals surface area (Å²) in [5.74, 6) is 0.616. The Kier molecular flexibility index (Phi) is 4.88. The number of hydrogen-bond donors (Lipinski definition) is 3. The van der Waals surface area contributed by atoms with Crippen LogP contribution in [0.3, 0.4) is 0 Å². The summed E-state index contributed by atoms with van der Waals surface area (Å²) in [6, 6.07) is 0.247. The zero-order chi connectivity index (χ0) is 11.3. The number of carbonyl (C=O) groups is 1. The lowest BCUT2D eigenvalue weighted by Crippen LogP contribution is -2.51. The molecular formula is C11H22N2O2. The largest absolute Gasteiger partial charge is 0.465 e. The summed E-state index contributed by atoms with van der Waals surface area (Å²) in [5, 5.41) is 14.5. The zero-order valence-corrected chi connectivity index (χ0v) is 9.62. The van der Waals surface area contributed by atoms with Crippen LogP contribution in [0, 0.1) is 5.92 Å². The highest BCUT2D eigenvalue weighted by Crippen LogP contribution is 2.27. The molecule has 1 fully saturated rings. The van der Waals surface area contributed by atoms with Crippen LogP contribution in [0.1, 0.15) is 39.0 Å². The van der Waals surface area contributed by atoms with E-state index < -0.39 is 6.09 Å². The minimum Gasteiger partial charge on any atom is -0.465 e. The minimum absolute atomic E-state index is 0.0180. The molecule has 4 nitrogen and oxygen atoms in total. The highest BCUT2D eigenvalue weighted by molar-refractivity contribution is 5.64. The van der Waals surface area contributed by atoms with Crippen LogP contribution in [-0.4, -0.2) is 30.3 Å². The van der Waals surface area contributed by atoms with Crippen molar-refractivity contribution in [1.29, 1.82) is 0 Å². The Morgan fingerprint density at radius 2 is 1.93 bits per heavy atom. The average Bonchev–Trinajstić information content (AvgIpc) is 2.19. The summed E-state index contributed by atoms with van der Waals surface area (Å²) in [7, 11) is 1.92. The molecule has 0 aromatic carbocycles. The van der Waals surface area contributed by atoms with Gasteiger partial charge in [0.2, 0.25) is 0 Å². The van der Waals surface area contributed by atoms with E-state index in [2.05, 4.69) is 10.6 Å². The summed E-state index contributed by atoms with van der Waals surface area (Å²) in [6.07, 6.45) is 5.39.